The summed E-state index contributed by atoms with van der Waals surface area (Å²) in [6.45, 7) is 6.80. The predicted molar refractivity (Wildman–Crippen MR) is 93.8 cm³/mol. The van der Waals surface area contributed by atoms with Crippen LogP contribution in [0.4, 0.5) is 0 Å². The summed E-state index contributed by atoms with van der Waals surface area (Å²) in [6, 6.07) is 0. The number of fused-ring (bicyclic) bond motifs is 2. The first-order chi connectivity index (χ1) is 12.8. The van der Waals surface area contributed by atoms with Crippen LogP contribution in [0.2, 0.25) is 0 Å². The largest absolute Gasteiger partial charge is 0.458 e. The summed E-state index contributed by atoms with van der Waals surface area (Å²) >= 11 is 0. The van der Waals surface area contributed by atoms with Crippen LogP contribution < -0.4 is 0 Å². The Morgan fingerprint density at radius 2 is 2.04 bits per heavy atom. The highest BCUT2D eigenvalue weighted by atomic mass is 16.7. The molecule has 4 fully saturated rings. The summed E-state index contributed by atoms with van der Waals surface area (Å²) in [5, 5.41) is 11.5. The molecular formula is C21H28O6. The van der Waals surface area contributed by atoms with Gasteiger partial charge in [0.25, 0.3) is 0 Å². The number of epoxide rings is 2. The Kier molecular flexibility index (Phi) is 2.90. The lowest BCUT2D eigenvalue weighted by molar-refractivity contribution is -0.191. The van der Waals surface area contributed by atoms with Crippen LogP contribution in [0, 0.1) is 17.3 Å². The SMILES string of the molecule is COC1C(O)(C(C)C)CC2OC23C2(C)CCC4=C(COC4=O)C2CC2OC213. The molecule has 0 amide bonds. The summed E-state index contributed by atoms with van der Waals surface area (Å²) in [5.74, 6) is 0.149. The molecule has 8 atom stereocenters. The fourth-order valence-corrected chi connectivity index (χ4v) is 7.56. The Hall–Kier alpha value is -0.950. The van der Waals surface area contributed by atoms with Crippen molar-refractivity contribution in [2.24, 2.45) is 17.3 Å². The van der Waals surface area contributed by atoms with Crippen molar-refractivity contribution in [2.75, 3.05) is 13.7 Å². The fraction of sp³-hybridized carbons (Fsp3) is 0.857. The van der Waals surface area contributed by atoms with Crippen LogP contribution in [0.5, 0.6) is 0 Å². The van der Waals surface area contributed by atoms with Crippen molar-refractivity contribution in [3.05, 3.63) is 11.1 Å². The standard InChI is InChI=1S/C21H28O6/c1-10(2)19(23)8-15-21(27-15)18(3)6-5-11-12(9-25-16(11)22)13(18)7-14-20(21,26-14)17(19)24-4/h10,13-15,17,23H,5-9H2,1-4H3. The molecule has 148 valence electrons. The van der Waals surface area contributed by atoms with Crippen LogP contribution in [0.25, 0.3) is 0 Å². The normalized spacial score (nSPS) is 57.3. The first-order valence-electron chi connectivity index (χ1n) is 10.3. The summed E-state index contributed by atoms with van der Waals surface area (Å²) in [7, 11) is 1.68. The first kappa shape index (κ1) is 17.0. The van der Waals surface area contributed by atoms with Gasteiger partial charge in [-0.15, -0.1) is 0 Å². The molecule has 0 radical (unpaired) electrons. The maximum atomic E-state index is 12.1. The minimum absolute atomic E-state index is 0.00125. The van der Waals surface area contributed by atoms with Gasteiger partial charge >= 0.3 is 5.97 Å². The van der Waals surface area contributed by atoms with Gasteiger partial charge in [-0.25, -0.2) is 4.79 Å². The van der Waals surface area contributed by atoms with Gasteiger partial charge in [0.15, 0.2) is 5.60 Å². The molecule has 1 N–H and O–H groups in total. The summed E-state index contributed by atoms with van der Waals surface area (Å²) in [6.07, 6.45) is 2.63. The van der Waals surface area contributed by atoms with Crippen molar-refractivity contribution in [3.8, 4) is 0 Å². The van der Waals surface area contributed by atoms with E-state index in [0.29, 0.717) is 13.0 Å². The monoisotopic (exact) mass is 376 g/mol. The number of carbonyl (C=O) groups excluding carboxylic acids is 1. The maximum absolute atomic E-state index is 12.1. The third-order valence-electron chi connectivity index (χ3n) is 9.03. The number of carbonyl (C=O) groups is 1. The molecule has 2 saturated heterocycles. The van der Waals surface area contributed by atoms with Crippen LogP contribution in [-0.4, -0.2) is 59.9 Å². The molecule has 6 heteroatoms. The van der Waals surface area contributed by atoms with Crippen molar-refractivity contribution in [3.63, 3.8) is 0 Å². The average Bonchev–Trinajstić information content (AvgIpc) is 3.48. The quantitative estimate of drug-likeness (QED) is 0.584. The van der Waals surface area contributed by atoms with E-state index >= 15 is 0 Å². The Morgan fingerprint density at radius 1 is 1.26 bits per heavy atom. The van der Waals surface area contributed by atoms with E-state index in [9.17, 15) is 9.90 Å². The zero-order valence-corrected chi connectivity index (χ0v) is 16.4. The molecule has 2 spiro atoms. The van der Waals surface area contributed by atoms with E-state index in [4.69, 9.17) is 18.9 Å². The lowest BCUT2D eigenvalue weighted by Gasteiger charge is -2.56. The van der Waals surface area contributed by atoms with E-state index in [-0.39, 0.29) is 35.4 Å². The highest BCUT2D eigenvalue weighted by Gasteiger charge is 2.94. The Bertz CT molecular complexity index is 790. The van der Waals surface area contributed by atoms with E-state index in [1.54, 1.807) is 7.11 Å². The van der Waals surface area contributed by atoms with Crippen molar-refractivity contribution in [1.82, 2.24) is 0 Å². The number of methoxy groups -OCH3 is 1. The van der Waals surface area contributed by atoms with Crippen molar-refractivity contribution >= 4 is 5.97 Å². The van der Waals surface area contributed by atoms with E-state index in [1.165, 1.54) is 5.57 Å². The zero-order valence-electron chi connectivity index (χ0n) is 16.4. The molecule has 27 heavy (non-hydrogen) atoms. The molecule has 0 bridgehead atoms. The molecule has 0 aromatic rings. The van der Waals surface area contributed by atoms with Gasteiger partial charge in [-0.1, -0.05) is 20.8 Å². The molecule has 3 aliphatic heterocycles. The number of hydrogen-bond acceptors (Lipinski definition) is 6. The molecule has 6 nitrogen and oxygen atoms in total. The van der Waals surface area contributed by atoms with Gasteiger partial charge in [-0.3, -0.25) is 0 Å². The minimum atomic E-state index is -0.955. The van der Waals surface area contributed by atoms with E-state index < -0.39 is 22.9 Å². The van der Waals surface area contributed by atoms with Gasteiger partial charge in [0.1, 0.15) is 18.3 Å². The number of ether oxygens (including phenoxy) is 4. The van der Waals surface area contributed by atoms with Crippen LogP contribution >= 0.6 is 0 Å². The summed E-state index contributed by atoms with van der Waals surface area (Å²) < 4.78 is 24.3. The lowest BCUT2D eigenvalue weighted by atomic mass is 9.46. The van der Waals surface area contributed by atoms with Crippen LogP contribution in [0.15, 0.2) is 11.1 Å². The Labute approximate surface area is 159 Å². The van der Waals surface area contributed by atoms with Gasteiger partial charge in [-0.05, 0) is 36.7 Å². The van der Waals surface area contributed by atoms with E-state index in [2.05, 4.69) is 6.92 Å². The van der Waals surface area contributed by atoms with Gasteiger partial charge in [-0.2, -0.15) is 0 Å². The maximum Gasteiger partial charge on any atom is 0.334 e. The first-order valence-corrected chi connectivity index (χ1v) is 10.3. The Balaban J connectivity index is 1.48. The summed E-state index contributed by atoms with van der Waals surface area (Å²) in [4.78, 5) is 12.1. The van der Waals surface area contributed by atoms with Gasteiger partial charge in [0.2, 0.25) is 0 Å². The second kappa shape index (κ2) is 4.61. The lowest BCUT2D eigenvalue weighted by Crippen LogP contribution is -2.72. The van der Waals surface area contributed by atoms with Gasteiger partial charge < -0.3 is 24.1 Å². The third-order valence-corrected chi connectivity index (χ3v) is 9.03. The highest BCUT2D eigenvalue weighted by molar-refractivity contribution is 5.92. The van der Waals surface area contributed by atoms with Gasteiger partial charge in [0.05, 0.1) is 17.8 Å². The second-order valence-electron chi connectivity index (χ2n) is 9.99. The number of esters is 1. The minimum Gasteiger partial charge on any atom is -0.458 e. The van der Waals surface area contributed by atoms with E-state index in [0.717, 1.165) is 24.8 Å². The molecule has 0 aromatic heterocycles. The Morgan fingerprint density at radius 3 is 2.74 bits per heavy atom. The molecule has 6 aliphatic rings. The van der Waals surface area contributed by atoms with Crippen LogP contribution in [-0.2, 0) is 23.7 Å². The average molecular weight is 376 g/mol. The highest BCUT2D eigenvalue weighted by Crippen LogP contribution is 2.80. The molecule has 6 rings (SSSR count). The van der Waals surface area contributed by atoms with Crippen LogP contribution in [0.1, 0.15) is 46.5 Å². The fourth-order valence-electron chi connectivity index (χ4n) is 7.56. The van der Waals surface area contributed by atoms with Crippen molar-refractivity contribution < 1.29 is 28.8 Å². The molecule has 0 aromatic carbocycles. The number of aliphatic hydroxyl groups is 1. The van der Waals surface area contributed by atoms with Crippen LogP contribution in [0.3, 0.4) is 0 Å². The molecule has 3 heterocycles. The topological polar surface area (TPSA) is 80.8 Å². The van der Waals surface area contributed by atoms with Crippen molar-refractivity contribution in [2.45, 2.75) is 81.6 Å². The second-order valence-corrected chi connectivity index (χ2v) is 9.99. The van der Waals surface area contributed by atoms with Gasteiger partial charge in [0, 0.05) is 24.5 Å². The predicted octanol–water partition coefficient (Wildman–Crippen LogP) is 1.74. The number of cyclic esters (lactones) is 1. The molecular weight excluding hydrogens is 348 g/mol. The third kappa shape index (κ3) is 1.54. The smallest absolute Gasteiger partial charge is 0.334 e. The van der Waals surface area contributed by atoms with Crippen molar-refractivity contribution in [1.29, 1.82) is 0 Å². The molecule has 8 unspecified atom stereocenters. The number of hydrogen-bond donors (Lipinski definition) is 1. The number of rotatable bonds is 2. The summed E-state index contributed by atoms with van der Waals surface area (Å²) in [5.41, 5.74) is -0.0389. The zero-order chi connectivity index (χ0) is 19.0. The molecule has 2 saturated carbocycles. The molecule has 3 aliphatic carbocycles. The van der Waals surface area contributed by atoms with E-state index in [1.807, 2.05) is 13.8 Å².